The molecule has 1 aliphatic heterocycles. The third-order valence-corrected chi connectivity index (χ3v) is 8.18. The van der Waals surface area contributed by atoms with Gasteiger partial charge in [-0.25, -0.2) is 18.2 Å². The van der Waals surface area contributed by atoms with E-state index in [0.717, 1.165) is 16.8 Å². The maximum absolute atomic E-state index is 11.9. The summed E-state index contributed by atoms with van der Waals surface area (Å²) in [4.78, 5) is 61.2. The van der Waals surface area contributed by atoms with Crippen LogP contribution >= 0.6 is 22.4 Å². The number of nitrogens with one attached hydrogen (secondary N) is 1. The minimum atomic E-state index is -5.49. The van der Waals surface area contributed by atoms with E-state index in [4.69, 9.17) is 25.5 Å². The van der Waals surface area contributed by atoms with E-state index in [1.54, 1.807) is 0 Å². The van der Waals surface area contributed by atoms with Gasteiger partial charge in [-0.2, -0.15) is 4.31 Å². The summed E-state index contributed by atoms with van der Waals surface area (Å²) in [6.07, 6.45) is 3.37. The van der Waals surface area contributed by atoms with Gasteiger partial charge in [0.1, 0.15) is 0 Å². The number of hydrogen-bond acceptors (Lipinski definition) is 10. The Hall–Kier alpha value is -1.01. The monoisotopic (exact) mass is 508 g/mol. The Morgan fingerprint density at radius 1 is 1.33 bits per heavy atom. The lowest BCUT2D eigenvalue weighted by atomic mass is 9.99. The van der Waals surface area contributed by atoms with Gasteiger partial charge in [-0.15, -0.1) is 6.42 Å². The van der Waals surface area contributed by atoms with Gasteiger partial charge in [0.25, 0.3) is 5.56 Å². The number of phosphoric acid groups is 2. The minimum absolute atomic E-state index is 0.356. The lowest BCUT2D eigenvalue weighted by Gasteiger charge is -2.24. The van der Waals surface area contributed by atoms with Crippen LogP contribution in [0.4, 0.5) is 0 Å². The first-order valence-corrected chi connectivity index (χ1v) is 13.1. The number of hydrogen-bond donors (Lipinski definition) is 6. The van der Waals surface area contributed by atoms with E-state index in [0.29, 0.717) is 0 Å². The Balaban J connectivity index is 2.11. The molecule has 1 aromatic rings. The summed E-state index contributed by atoms with van der Waals surface area (Å²) in [6, 6.07) is 0.979. The van der Waals surface area contributed by atoms with Crippen molar-refractivity contribution in [2.24, 2.45) is 0 Å². The van der Waals surface area contributed by atoms with Crippen LogP contribution in [0.1, 0.15) is 12.6 Å². The number of aromatic amines is 1. The summed E-state index contributed by atoms with van der Waals surface area (Å²) >= 11 is 4.46. The highest BCUT2D eigenvalue weighted by molar-refractivity contribution is 8.08. The Morgan fingerprint density at radius 3 is 2.50 bits per heavy atom. The molecule has 2 heterocycles. The van der Waals surface area contributed by atoms with Gasteiger partial charge in [-0.1, -0.05) is 5.92 Å². The van der Waals surface area contributed by atoms with Crippen molar-refractivity contribution in [3.63, 3.8) is 0 Å². The lowest BCUT2D eigenvalue weighted by molar-refractivity contribution is -0.0728. The fraction of sp³-hybridized carbons (Fsp3) is 0.455. The lowest BCUT2D eigenvalue weighted by Crippen LogP contribution is -2.41. The van der Waals surface area contributed by atoms with Gasteiger partial charge in [0, 0.05) is 18.7 Å². The molecule has 0 aliphatic carbocycles. The van der Waals surface area contributed by atoms with Crippen LogP contribution in [0.3, 0.4) is 0 Å². The average Bonchev–Trinajstić information content (AvgIpc) is 2.87. The quantitative estimate of drug-likeness (QED) is 0.176. The fourth-order valence-corrected chi connectivity index (χ4v) is 6.40. The molecule has 1 fully saturated rings. The first-order valence-electron chi connectivity index (χ1n) is 7.51. The van der Waals surface area contributed by atoms with Crippen LogP contribution in [0.2, 0.25) is 0 Å². The van der Waals surface area contributed by atoms with Crippen molar-refractivity contribution < 1.29 is 51.7 Å². The highest BCUT2D eigenvalue weighted by atomic mass is 32.5. The SMILES string of the molecule is C#C[C@@]1(O)C[C@@H](COP(O)(=S)OP(=O)(O)OP(=O)(O)O)O[C@H]1n1ccc(=O)[nH]c1=O. The number of terminal acetylenes is 1. The van der Waals surface area contributed by atoms with Crippen LogP contribution in [0, 0.1) is 12.3 Å². The number of aliphatic hydroxyl groups is 1. The molecule has 1 aromatic heterocycles. The first-order chi connectivity index (χ1) is 13.6. The van der Waals surface area contributed by atoms with Crippen molar-refractivity contribution in [1.82, 2.24) is 9.55 Å². The molecule has 0 aromatic carbocycles. The predicted octanol–water partition coefficient (Wildman–Crippen LogP) is -1.35. The molecule has 1 aliphatic rings. The third kappa shape index (κ3) is 6.74. The molecule has 6 N–H and O–H groups in total. The van der Waals surface area contributed by atoms with Gasteiger partial charge in [-0.3, -0.25) is 14.3 Å². The molecule has 0 saturated carbocycles. The molecular formula is C11H15N2O13P3S. The van der Waals surface area contributed by atoms with E-state index in [-0.39, 0.29) is 6.42 Å². The number of H-pyrrole nitrogens is 1. The molecule has 0 radical (unpaired) electrons. The summed E-state index contributed by atoms with van der Waals surface area (Å²) < 4.78 is 40.7. The predicted molar refractivity (Wildman–Crippen MR) is 100 cm³/mol. The number of aromatic nitrogens is 2. The first kappa shape index (κ1) is 25.3. The van der Waals surface area contributed by atoms with Gasteiger partial charge in [0.2, 0.25) is 0 Å². The Morgan fingerprint density at radius 2 is 1.97 bits per heavy atom. The van der Waals surface area contributed by atoms with Crippen molar-refractivity contribution >= 4 is 34.2 Å². The summed E-state index contributed by atoms with van der Waals surface area (Å²) in [5, 5.41) is 10.6. The third-order valence-electron chi connectivity index (χ3n) is 3.46. The second kappa shape index (κ2) is 8.85. The topological polar surface area (TPSA) is 227 Å². The Bertz CT molecular complexity index is 1100. The summed E-state index contributed by atoms with van der Waals surface area (Å²) in [6.45, 7) is -5.27. The zero-order chi connectivity index (χ0) is 23.0. The number of nitrogens with zero attached hydrogens (tertiary/aromatic N) is 1. The van der Waals surface area contributed by atoms with Gasteiger partial charge >= 0.3 is 28.1 Å². The van der Waals surface area contributed by atoms with E-state index in [1.807, 2.05) is 10.9 Å². The van der Waals surface area contributed by atoms with Crippen LogP contribution in [0.5, 0.6) is 0 Å². The smallest absolute Gasteiger partial charge is 0.373 e. The molecular weight excluding hydrogens is 493 g/mol. The fourth-order valence-electron chi connectivity index (χ4n) is 2.41. The summed E-state index contributed by atoms with van der Waals surface area (Å²) in [7, 11) is -10.9. The van der Waals surface area contributed by atoms with Gasteiger partial charge in [-0.05, 0) is 11.8 Å². The maximum atomic E-state index is 11.9. The molecule has 0 amide bonds. The van der Waals surface area contributed by atoms with Crippen LogP contribution in [0.15, 0.2) is 21.9 Å². The molecule has 2 rings (SSSR count). The minimum Gasteiger partial charge on any atom is -0.373 e. The van der Waals surface area contributed by atoms with Crippen molar-refractivity contribution in [2.75, 3.05) is 6.61 Å². The van der Waals surface area contributed by atoms with Gasteiger partial charge in [0.15, 0.2) is 11.8 Å². The second-order valence-corrected chi connectivity index (χ2v) is 11.6. The number of ether oxygens (including phenoxy) is 1. The van der Waals surface area contributed by atoms with Crippen LogP contribution in [0.25, 0.3) is 0 Å². The zero-order valence-electron chi connectivity index (χ0n) is 14.5. The standard InChI is InChI=1S/C11H15N2O13P3S/c1-2-11(16)5-7(24-9(11)13-4-3-8(14)12-10(13)15)6-23-29(22,30)26-28(20,21)25-27(17,18)19/h1,3-4,7,9,16H,5-6H2,(H,20,21)(H,22,30)(H,12,14,15)(H2,17,18,19)/t7-,9+,11+,29?/m0/s1. The molecule has 0 bridgehead atoms. The Labute approximate surface area is 172 Å². The van der Waals surface area contributed by atoms with Gasteiger partial charge < -0.3 is 33.9 Å². The number of rotatable bonds is 8. The zero-order valence-corrected chi connectivity index (χ0v) is 18.0. The normalized spacial score (nSPS) is 28.4. The van der Waals surface area contributed by atoms with E-state index in [2.05, 4.69) is 20.4 Å². The average molecular weight is 508 g/mol. The molecule has 0 spiro atoms. The molecule has 2 unspecified atom stereocenters. The highest BCUT2D eigenvalue weighted by Gasteiger charge is 2.48. The molecule has 168 valence electrons. The highest BCUT2D eigenvalue weighted by Crippen LogP contribution is 2.66. The van der Waals surface area contributed by atoms with Crippen molar-refractivity contribution in [1.29, 1.82) is 0 Å². The molecule has 15 nitrogen and oxygen atoms in total. The molecule has 1 saturated heterocycles. The summed E-state index contributed by atoms with van der Waals surface area (Å²) in [5.41, 5.74) is -3.69. The maximum Gasteiger partial charge on any atom is 0.488 e. The van der Waals surface area contributed by atoms with Crippen molar-refractivity contribution in [3.8, 4) is 12.3 Å². The summed E-state index contributed by atoms with van der Waals surface area (Å²) in [5.74, 6) is 2.04. The van der Waals surface area contributed by atoms with Crippen molar-refractivity contribution in [3.05, 3.63) is 33.1 Å². The van der Waals surface area contributed by atoms with Crippen LogP contribution in [-0.4, -0.2) is 52.5 Å². The molecule has 19 heteroatoms. The van der Waals surface area contributed by atoms with E-state index in [1.165, 1.54) is 0 Å². The van der Waals surface area contributed by atoms with Crippen LogP contribution in [-0.2, 0) is 38.8 Å². The molecule has 5 atom stereocenters. The second-order valence-electron chi connectivity index (χ2n) is 5.79. The van der Waals surface area contributed by atoms with Crippen LogP contribution < -0.4 is 11.2 Å². The van der Waals surface area contributed by atoms with E-state index < -0.39 is 58.2 Å². The Kier molecular flexibility index (Phi) is 7.45. The van der Waals surface area contributed by atoms with E-state index >= 15 is 0 Å². The van der Waals surface area contributed by atoms with Crippen molar-refractivity contribution in [2.45, 2.75) is 24.4 Å². The van der Waals surface area contributed by atoms with Gasteiger partial charge in [0.05, 0.1) is 12.7 Å². The van der Waals surface area contributed by atoms with E-state index in [9.17, 15) is 33.6 Å². The molecule has 30 heavy (non-hydrogen) atoms. The largest absolute Gasteiger partial charge is 0.488 e.